The largest absolute Gasteiger partial charge is 0.366 e. The van der Waals surface area contributed by atoms with Crippen molar-refractivity contribution in [2.75, 3.05) is 31.7 Å². The summed E-state index contributed by atoms with van der Waals surface area (Å²) in [5.74, 6) is 0.942. The Morgan fingerprint density at radius 2 is 2.16 bits per heavy atom. The predicted molar refractivity (Wildman–Crippen MR) is 81.1 cm³/mol. The molecule has 0 atom stereocenters. The first kappa shape index (κ1) is 13.1. The molecule has 0 unspecified atom stereocenters. The number of piperidine rings is 1. The van der Waals surface area contributed by atoms with Crippen LogP contribution < -0.4 is 5.32 Å². The van der Waals surface area contributed by atoms with E-state index in [1.165, 1.54) is 0 Å². The van der Waals surface area contributed by atoms with E-state index in [0.717, 1.165) is 46.4 Å². The molecule has 0 bridgehead atoms. The van der Waals surface area contributed by atoms with Crippen molar-refractivity contribution in [3.05, 3.63) is 6.33 Å². The van der Waals surface area contributed by atoms with Crippen LogP contribution in [-0.4, -0.2) is 52.3 Å². The highest BCUT2D eigenvalue weighted by atomic mass is 32.2. The number of likely N-dealkylation sites (tertiary alicyclic amines) is 1. The first-order valence-corrected chi connectivity index (χ1v) is 8.41. The summed E-state index contributed by atoms with van der Waals surface area (Å²) in [5.41, 5.74) is 0.805. The molecule has 1 fully saturated rings. The van der Waals surface area contributed by atoms with Crippen molar-refractivity contribution in [2.45, 2.75) is 23.2 Å². The van der Waals surface area contributed by atoms with Gasteiger partial charge >= 0.3 is 0 Å². The molecule has 0 radical (unpaired) electrons. The van der Waals surface area contributed by atoms with Crippen molar-refractivity contribution in [2.24, 2.45) is 0 Å². The molecule has 0 aliphatic carbocycles. The van der Waals surface area contributed by atoms with E-state index in [1.807, 2.05) is 6.26 Å². The van der Waals surface area contributed by atoms with Crippen LogP contribution in [0.1, 0.15) is 12.8 Å². The molecule has 1 N–H and O–H groups in total. The fraction of sp³-hybridized carbons (Fsp3) is 0.583. The van der Waals surface area contributed by atoms with Gasteiger partial charge in [-0.2, -0.15) is 0 Å². The lowest BCUT2D eigenvalue weighted by molar-refractivity contribution is 0.264. The lowest BCUT2D eigenvalue weighted by atomic mass is 10.1. The number of fused-ring (bicyclic) bond motifs is 1. The second-order valence-corrected chi connectivity index (χ2v) is 6.83. The Bertz CT molecular complexity index is 562. The normalized spacial score (nSPS) is 18.0. The number of hydrogen-bond donors (Lipinski definition) is 1. The van der Waals surface area contributed by atoms with Gasteiger partial charge in [-0.3, -0.25) is 0 Å². The van der Waals surface area contributed by atoms with Gasteiger partial charge in [0, 0.05) is 6.04 Å². The van der Waals surface area contributed by atoms with Gasteiger partial charge in [0.2, 0.25) is 0 Å². The minimum Gasteiger partial charge on any atom is -0.366 e. The summed E-state index contributed by atoms with van der Waals surface area (Å²) >= 11 is 3.32. The van der Waals surface area contributed by atoms with Gasteiger partial charge in [0.1, 0.15) is 16.8 Å². The Morgan fingerprint density at radius 1 is 1.37 bits per heavy atom. The van der Waals surface area contributed by atoms with Crippen LogP contribution in [0.2, 0.25) is 0 Å². The van der Waals surface area contributed by atoms with Crippen LogP contribution in [0.4, 0.5) is 5.82 Å². The van der Waals surface area contributed by atoms with Crippen LogP contribution in [0, 0.1) is 0 Å². The Balaban J connectivity index is 1.82. The third-order valence-corrected chi connectivity index (χ3v) is 5.44. The minimum atomic E-state index is 0.508. The van der Waals surface area contributed by atoms with E-state index in [4.69, 9.17) is 0 Å². The molecule has 0 saturated carbocycles. The van der Waals surface area contributed by atoms with Crippen molar-refractivity contribution in [3.63, 3.8) is 0 Å². The van der Waals surface area contributed by atoms with Gasteiger partial charge in [-0.25, -0.2) is 15.0 Å². The zero-order chi connectivity index (χ0) is 13.2. The third kappa shape index (κ3) is 2.82. The number of thioether (sulfide) groups is 1. The summed E-state index contributed by atoms with van der Waals surface area (Å²) in [5, 5.41) is 3.57. The topological polar surface area (TPSA) is 53.9 Å². The molecule has 3 heterocycles. The molecular weight excluding hydrogens is 278 g/mol. The van der Waals surface area contributed by atoms with Crippen LogP contribution in [0.15, 0.2) is 10.7 Å². The number of nitrogens with zero attached hydrogens (tertiary/aromatic N) is 4. The van der Waals surface area contributed by atoms with E-state index < -0.39 is 0 Å². The van der Waals surface area contributed by atoms with Crippen molar-refractivity contribution in [1.29, 1.82) is 0 Å². The molecule has 1 aliphatic heterocycles. The Hall–Kier alpha value is -0.920. The van der Waals surface area contributed by atoms with Crippen LogP contribution in [-0.2, 0) is 0 Å². The predicted octanol–water partition coefficient (Wildman–Crippen LogP) is 2.31. The van der Waals surface area contributed by atoms with Gasteiger partial charge in [-0.15, -0.1) is 11.3 Å². The maximum absolute atomic E-state index is 4.48. The molecule has 0 spiro atoms. The molecule has 102 valence electrons. The van der Waals surface area contributed by atoms with Crippen molar-refractivity contribution in [3.8, 4) is 0 Å². The standard InChI is InChI=1S/C12H17N5S2/c1-17-5-3-8(4-6-17)15-10-9-11(14-7-13-10)16-12(18-2)19-9/h7-8H,3-6H2,1-2H3,(H,13,14,15). The van der Waals surface area contributed by atoms with Gasteiger partial charge in [0.15, 0.2) is 9.99 Å². The Morgan fingerprint density at radius 3 is 2.89 bits per heavy atom. The van der Waals surface area contributed by atoms with Gasteiger partial charge in [0.25, 0.3) is 0 Å². The van der Waals surface area contributed by atoms with E-state index >= 15 is 0 Å². The molecule has 19 heavy (non-hydrogen) atoms. The van der Waals surface area contributed by atoms with Gasteiger partial charge in [-0.1, -0.05) is 11.8 Å². The SMILES string of the molecule is CSc1nc2ncnc(NC3CCN(C)CC3)c2s1. The molecule has 5 nitrogen and oxygen atoms in total. The van der Waals surface area contributed by atoms with Crippen LogP contribution in [0.25, 0.3) is 10.3 Å². The number of thiazole rings is 1. The Labute approximate surface area is 120 Å². The first-order chi connectivity index (χ1) is 9.26. The van der Waals surface area contributed by atoms with E-state index in [2.05, 4.69) is 32.2 Å². The summed E-state index contributed by atoms with van der Waals surface area (Å²) < 4.78 is 2.12. The molecule has 0 aromatic carbocycles. The number of rotatable bonds is 3. The second-order valence-electron chi connectivity index (χ2n) is 4.78. The van der Waals surface area contributed by atoms with Gasteiger partial charge in [-0.05, 0) is 39.2 Å². The lowest BCUT2D eigenvalue weighted by Crippen LogP contribution is -2.36. The van der Waals surface area contributed by atoms with Gasteiger partial charge in [0.05, 0.1) is 0 Å². The van der Waals surface area contributed by atoms with Gasteiger partial charge < -0.3 is 10.2 Å². The zero-order valence-electron chi connectivity index (χ0n) is 11.1. The van der Waals surface area contributed by atoms with E-state index in [9.17, 15) is 0 Å². The van der Waals surface area contributed by atoms with Crippen molar-refractivity contribution < 1.29 is 0 Å². The summed E-state index contributed by atoms with van der Waals surface area (Å²) in [7, 11) is 2.17. The number of anilines is 1. The minimum absolute atomic E-state index is 0.508. The molecule has 1 aliphatic rings. The summed E-state index contributed by atoms with van der Waals surface area (Å²) in [6, 6.07) is 0.508. The summed E-state index contributed by atoms with van der Waals surface area (Å²) in [6.45, 7) is 2.29. The monoisotopic (exact) mass is 295 g/mol. The molecule has 2 aromatic rings. The zero-order valence-corrected chi connectivity index (χ0v) is 12.7. The molecule has 0 amide bonds. The maximum atomic E-state index is 4.48. The van der Waals surface area contributed by atoms with E-state index in [-0.39, 0.29) is 0 Å². The smallest absolute Gasteiger partial charge is 0.176 e. The quantitative estimate of drug-likeness (QED) is 0.877. The maximum Gasteiger partial charge on any atom is 0.176 e. The van der Waals surface area contributed by atoms with Crippen molar-refractivity contribution >= 4 is 39.3 Å². The van der Waals surface area contributed by atoms with E-state index in [0.29, 0.717) is 6.04 Å². The van der Waals surface area contributed by atoms with E-state index in [1.54, 1.807) is 29.4 Å². The number of hydrogen-bond acceptors (Lipinski definition) is 7. The van der Waals surface area contributed by atoms with Crippen LogP contribution >= 0.6 is 23.1 Å². The first-order valence-electron chi connectivity index (χ1n) is 6.37. The highest BCUT2D eigenvalue weighted by Gasteiger charge is 2.18. The number of aromatic nitrogens is 3. The molecule has 7 heteroatoms. The molecular formula is C12H17N5S2. The molecule has 1 saturated heterocycles. The lowest BCUT2D eigenvalue weighted by Gasteiger charge is -2.29. The highest BCUT2D eigenvalue weighted by molar-refractivity contribution is 8.00. The fourth-order valence-electron chi connectivity index (χ4n) is 2.27. The molecule has 2 aromatic heterocycles. The second kappa shape index (κ2) is 5.60. The molecule has 3 rings (SSSR count). The Kier molecular flexibility index (Phi) is 3.86. The average molecular weight is 295 g/mol. The summed E-state index contributed by atoms with van der Waals surface area (Å²) in [6.07, 6.45) is 5.96. The van der Waals surface area contributed by atoms with Crippen LogP contribution in [0.5, 0.6) is 0 Å². The van der Waals surface area contributed by atoms with Crippen molar-refractivity contribution in [1.82, 2.24) is 19.9 Å². The summed E-state index contributed by atoms with van der Waals surface area (Å²) in [4.78, 5) is 15.5. The third-order valence-electron chi connectivity index (χ3n) is 3.41. The average Bonchev–Trinajstić information content (AvgIpc) is 2.85. The number of nitrogens with one attached hydrogen (secondary N) is 1. The fourth-order valence-corrected chi connectivity index (χ4v) is 3.74. The highest BCUT2D eigenvalue weighted by Crippen LogP contribution is 2.31. The van der Waals surface area contributed by atoms with Crippen LogP contribution in [0.3, 0.4) is 0 Å².